The molecule has 0 aliphatic heterocycles. The van der Waals surface area contributed by atoms with Gasteiger partial charge in [-0.05, 0) is 37.3 Å². The molecule has 3 rings (SSSR count). The van der Waals surface area contributed by atoms with E-state index < -0.39 is 5.60 Å². The van der Waals surface area contributed by atoms with Crippen LogP contribution in [-0.4, -0.2) is 48.8 Å². The fourth-order valence-corrected chi connectivity index (χ4v) is 3.68. The van der Waals surface area contributed by atoms with Crippen LogP contribution in [-0.2, 0) is 11.3 Å². The van der Waals surface area contributed by atoms with Gasteiger partial charge >= 0.3 is 0 Å². The zero-order valence-electron chi connectivity index (χ0n) is 17.1. The van der Waals surface area contributed by atoms with Crippen LogP contribution in [0.5, 0.6) is 0 Å². The Hall–Kier alpha value is -2.15. The molecule has 1 fully saturated rings. The largest absolute Gasteiger partial charge is 0.390 e. The zero-order chi connectivity index (χ0) is 20.1. The maximum absolute atomic E-state index is 12.9. The average Bonchev–Trinajstić information content (AvgIpc) is 2.99. The van der Waals surface area contributed by atoms with Gasteiger partial charge in [0.1, 0.15) is 17.9 Å². The minimum atomic E-state index is -0.697. The summed E-state index contributed by atoms with van der Waals surface area (Å²) in [6.07, 6.45) is 3.09. The van der Waals surface area contributed by atoms with Gasteiger partial charge in [-0.15, -0.1) is 0 Å². The Balaban J connectivity index is 1.93. The summed E-state index contributed by atoms with van der Waals surface area (Å²) in [5, 5.41) is 14.4. The summed E-state index contributed by atoms with van der Waals surface area (Å²) in [6.45, 7) is 9.90. The van der Waals surface area contributed by atoms with Gasteiger partial charge in [0, 0.05) is 25.2 Å². The smallest absolute Gasteiger partial charge is 0.291 e. The fourth-order valence-electron chi connectivity index (χ4n) is 3.68. The van der Waals surface area contributed by atoms with Crippen LogP contribution in [0, 0.1) is 0 Å². The first kappa shape index (κ1) is 19.6. The van der Waals surface area contributed by atoms with Crippen molar-refractivity contribution in [3.05, 3.63) is 34.0 Å². The Kier molecular flexibility index (Phi) is 4.93. The Morgan fingerprint density at radius 2 is 1.96 bits per heavy atom. The monoisotopic (exact) mass is 374 g/mol. The van der Waals surface area contributed by atoms with Gasteiger partial charge in [0.25, 0.3) is 5.56 Å². The second kappa shape index (κ2) is 6.78. The first-order valence-electron chi connectivity index (χ1n) is 9.61. The van der Waals surface area contributed by atoms with E-state index in [1.165, 1.54) is 4.68 Å². The maximum atomic E-state index is 12.9. The molecule has 0 aromatic carbocycles. The quantitative estimate of drug-likeness (QED) is 0.869. The molecule has 0 bridgehead atoms. The first-order valence-corrected chi connectivity index (χ1v) is 9.61. The second-order valence-electron chi connectivity index (χ2n) is 8.72. The zero-order valence-corrected chi connectivity index (χ0v) is 17.1. The summed E-state index contributed by atoms with van der Waals surface area (Å²) in [5.41, 5.74) is 0.679. The van der Waals surface area contributed by atoms with Gasteiger partial charge in [-0.2, -0.15) is 5.10 Å². The van der Waals surface area contributed by atoms with Crippen LogP contribution in [0.2, 0.25) is 0 Å². The van der Waals surface area contributed by atoms with E-state index >= 15 is 0 Å². The molecule has 7 heteroatoms. The van der Waals surface area contributed by atoms with E-state index in [1.54, 1.807) is 18.9 Å². The molecular weight excluding hydrogens is 344 g/mol. The number of carbonyl (C=O) groups excluding carboxylic acids is 1. The molecule has 0 atom stereocenters. The minimum Gasteiger partial charge on any atom is -0.390 e. The van der Waals surface area contributed by atoms with Crippen molar-refractivity contribution in [2.45, 2.75) is 77.5 Å². The van der Waals surface area contributed by atoms with Crippen molar-refractivity contribution in [3.8, 4) is 0 Å². The van der Waals surface area contributed by atoms with Crippen LogP contribution in [0.4, 0.5) is 0 Å². The summed E-state index contributed by atoms with van der Waals surface area (Å²) in [4.78, 5) is 27.2. The van der Waals surface area contributed by atoms with Crippen LogP contribution < -0.4 is 5.56 Å². The molecule has 7 nitrogen and oxygen atoms in total. The molecule has 1 amide bonds. The Morgan fingerprint density at radius 1 is 1.33 bits per heavy atom. The first-order chi connectivity index (χ1) is 12.5. The minimum absolute atomic E-state index is 0.0114. The number of likely N-dealkylation sites (N-methyl/N-ethyl adjacent to an activating group) is 1. The highest BCUT2D eigenvalue weighted by atomic mass is 16.3. The van der Waals surface area contributed by atoms with E-state index in [2.05, 4.69) is 18.9 Å². The number of carbonyl (C=O) groups is 1. The van der Waals surface area contributed by atoms with Crippen molar-refractivity contribution in [1.29, 1.82) is 0 Å². The van der Waals surface area contributed by atoms with E-state index in [0.717, 1.165) is 11.4 Å². The van der Waals surface area contributed by atoms with Crippen molar-refractivity contribution < 1.29 is 9.90 Å². The molecule has 0 radical (unpaired) electrons. The van der Waals surface area contributed by atoms with Crippen LogP contribution in [0.15, 0.2) is 17.1 Å². The van der Waals surface area contributed by atoms with Gasteiger partial charge in [-0.25, -0.2) is 4.68 Å². The molecule has 1 N–H and O–H groups in total. The van der Waals surface area contributed by atoms with Crippen LogP contribution >= 0.6 is 0 Å². The van der Waals surface area contributed by atoms with E-state index in [1.807, 2.05) is 30.5 Å². The highest BCUT2D eigenvalue weighted by Gasteiger charge is 2.41. The van der Waals surface area contributed by atoms with Gasteiger partial charge < -0.3 is 10.0 Å². The van der Waals surface area contributed by atoms with Crippen molar-refractivity contribution in [1.82, 2.24) is 19.1 Å². The number of hydrogen-bond acceptors (Lipinski definition) is 4. The number of aliphatic hydroxyl groups is 1. The topological polar surface area (TPSA) is 79.8 Å². The summed E-state index contributed by atoms with van der Waals surface area (Å²) < 4.78 is 3.14. The summed E-state index contributed by atoms with van der Waals surface area (Å²) in [6, 6.07) is 1.91. The van der Waals surface area contributed by atoms with Crippen molar-refractivity contribution in [3.63, 3.8) is 0 Å². The number of rotatable bonds is 5. The molecule has 0 unspecified atom stereocenters. The highest BCUT2D eigenvalue weighted by Crippen LogP contribution is 2.34. The molecule has 1 saturated carbocycles. The highest BCUT2D eigenvalue weighted by molar-refractivity contribution is 5.76. The fraction of sp³-hybridized carbons (Fsp3) is 0.650. The molecule has 2 heterocycles. The van der Waals surface area contributed by atoms with E-state index in [-0.39, 0.29) is 30.0 Å². The Morgan fingerprint density at radius 3 is 2.48 bits per heavy atom. The van der Waals surface area contributed by atoms with Crippen molar-refractivity contribution in [2.75, 3.05) is 7.05 Å². The van der Waals surface area contributed by atoms with E-state index in [0.29, 0.717) is 24.3 Å². The van der Waals surface area contributed by atoms with Gasteiger partial charge in [-0.3, -0.25) is 14.0 Å². The third kappa shape index (κ3) is 3.65. The van der Waals surface area contributed by atoms with Gasteiger partial charge in [0.15, 0.2) is 0 Å². The lowest BCUT2D eigenvalue weighted by Gasteiger charge is -2.45. The second-order valence-corrected chi connectivity index (χ2v) is 8.72. The Bertz CT molecular complexity index is 915. The van der Waals surface area contributed by atoms with Crippen LogP contribution in [0.25, 0.3) is 5.52 Å². The lowest BCUT2D eigenvalue weighted by molar-refractivity contribution is -0.141. The van der Waals surface area contributed by atoms with E-state index in [4.69, 9.17) is 0 Å². The standard InChI is InChI=1S/C20H30N4O3/c1-12(2)14-7-16-19(26)24(21-18(13(3)4)23(16)10-14)11-17(25)22(6)15-8-20(5,27)9-15/h7,10,12-13,15,27H,8-9,11H2,1-6H3/t15-,20+. The van der Waals surface area contributed by atoms with Gasteiger partial charge in [0.2, 0.25) is 5.91 Å². The molecule has 27 heavy (non-hydrogen) atoms. The molecule has 2 aromatic rings. The molecule has 148 valence electrons. The van der Waals surface area contributed by atoms with Crippen molar-refractivity contribution in [2.24, 2.45) is 0 Å². The van der Waals surface area contributed by atoms with E-state index in [9.17, 15) is 14.7 Å². The molecule has 0 spiro atoms. The summed E-state index contributed by atoms with van der Waals surface area (Å²) in [7, 11) is 1.73. The molecular formula is C20H30N4O3. The summed E-state index contributed by atoms with van der Waals surface area (Å²) in [5.74, 6) is 1.01. The third-order valence-corrected chi connectivity index (χ3v) is 5.52. The predicted octanol–water partition coefficient (Wildman–Crippen LogP) is 2.11. The summed E-state index contributed by atoms with van der Waals surface area (Å²) >= 11 is 0. The average molecular weight is 374 g/mol. The lowest BCUT2D eigenvalue weighted by atomic mass is 9.76. The van der Waals surface area contributed by atoms with Crippen molar-refractivity contribution >= 4 is 11.4 Å². The third-order valence-electron chi connectivity index (χ3n) is 5.52. The normalized spacial score (nSPS) is 22.5. The lowest BCUT2D eigenvalue weighted by Crippen LogP contribution is -2.54. The SMILES string of the molecule is CC(C)c1cc2c(=O)n(CC(=O)N(C)[C@H]3C[C@@](C)(O)C3)nc(C(C)C)n2c1. The number of hydrogen-bond donors (Lipinski definition) is 1. The maximum Gasteiger partial charge on any atom is 0.291 e. The predicted molar refractivity (Wildman–Crippen MR) is 104 cm³/mol. The van der Waals surface area contributed by atoms with Gasteiger partial charge in [-0.1, -0.05) is 27.7 Å². The van der Waals surface area contributed by atoms with Crippen LogP contribution in [0.3, 0.4) is 0 Å². The molecule has 2 aromatic heterocycles. The van der Waals surface area contributed by atoms with Gasteiger partial charge in [0.05, 0.1) is 5.60 Å². The molecule has 0 saturated heterocycles. The number of fused-ring (bicyclic) bond motifs is 1. The van der Waals surface area contributed by atoms with Crippen LogP contribution in [0.1, 0.15) is 70.7 Å². The molecule has 1 aliphatic rings. The number of nitrogens with zero attached hydrogens (tertiary/aromatic N) is 4. The Labute approximate surface area is 159 Å². The molecule has 1 aliphatic carbocycles. The number of aromatic nitrogens is 3. The number of amides is 1.